The van der Waals surface area contributed by atoms with Gasteiger partial charge in [0.25, 0.3) is 5.69 Å². The maximum atomic E-state index is 12.0. The summed E-state index contributed by atoms with van der Waals surface area (Å²) in [5, 5.41) is 13.4. The van der Waals surface area contributed by atoms with Crippen LogP contribution in [-0.2, 0) is 14.8 Å². The summed E-state index contributed by atoms with van der Waals surface area (Å²) in [5.74, 6) is -0.183. The fraction of sp³-hybridized carbons (Fsp3) is 0.250. The number of carbonyl (C=O) groups is 1. The van der Waals surface area contributed by atoms with E-state index in [-0.39, 0.29) is 29.3 Å². The quantitative estimate of drug-likeness (QED) is 0.308. The molecule has 1 aromatic carbocycles. The maximum Gasteiger partial charge on any atom is 0.338 e. The largest absolute Gasteiger partial charge is 0.460 e. The van der Waals surface area contributed by atoms with Gasteiger partial charge in [-0.05, 0) is 30.3 Å². The van der Waals surface area contributed by atoms with E-state index in [0.717, 1.165) is 10.5 Å². The number of nitro groups is 1. The van der Waals surface area contributed by atoms with E-state index >= 15 is 0 Å². The van der Waals surface area contributed by atoms with Gasteiger partial charge in [-0.1, -0.05) is 0 Å². The fourth-order valence-corrected chi connectivity index (χ4v) is 2.88. The molecule has 0 aliphatic heterocycles. The van der Waals surface area contributed by atoms with Gasteiger partial charge >= 0.3 is 5.97 Å². The Morgan fingerprint density at radius 2 is 1.89 bits per heavy atom. The molecule has 1 aromatic heterocycles. The average molecular weight is 394 g/mol. The highest BCUT2D eigenvalue weighted by Crippen LogP contribution is 2.15. The highest BCUT2D eigenvalue weighted by Gasteiger charge is 2.17. The molecule has 11 heteroatoms. The van der Waals surface area contributed by atoms with E-state index in [0.29, 0.717) is 5.82 Å². The average Bonchev–Trinajstić information content (AvgIpc) is 2.65. The van der Waals surface area contributed by atoms with Crippen LogP contribution in [0.1, 0.15) is 10.4 Å². The summed E-state index contributed by atoms with van der Waals surface area (Å²) in [6.07, 6.45) is 1.12. The van der Waals surface area contributed by atoms with Crippen molar-refractivity contribution in [2.75, 3.05) is 32.6 Å². The fourth-order valence-electron chi connectivity index (χ4n) is 1.98. The first-order chi connectivity index (χ1) is 12.7. The number of aromatic nitrogens is 1. The Morgan fingerprint density at radius 1 is 1.22 bits per heavy atom. The number of carbonyl (C=O) groups excluding carboxylic acids is 1. The van der Waals surface area contributed by atoms with Gasteiger partial charge in [0.1, 0.15) is 18.6 Å². The second-order valence-electron chi connectivity index (χ2n) is 5.53. The van der Waals surface area contributed by atoms with Crippen LogP contribution in [0.25, 0.3) is 0 Å². The molecule has 0 saturated carbocycles. The van der Waals surface area contributed by atoms with Crippen LogP contribution in [0.3, 0.4) is 0 Å². The number of rotatable bonds is 8. The van der Waals surface area contributed by atoms with Crippen LogP contribution in [0.15, 0.2) is 47.5 Å². The zero-order valence-corrected chi connectivity index (χ0v) is 15.5. The lowest BCUT2D eigenvalue weighted by atomic mass is 10.2. The van der Waals surface area contributed by atoms with Crippen LogP contribution in [0, 0.1) is 10.1 Å². The third-order valence-corrected chi connectivity index (χ3v) is 5.30. The smallest absolute Gasteiger partial charge is 0.338 e. The summed E-state index contributed by atoms with van der Waals surface area (Å²) in [4.78, 5) is 25.9. The van der Waals surface area contributed by atoms with Gasteiger partial charge in [-0.25, -0.2) is 22.5 Å². The minimum atomic E-state index is -3.56. The van der Waals surface area contributed by atoms with Crippen LogP contribution in [-0.4, -0.2) is 55.8 Å². The summed E-state index contributed by atoms with van der Waals surface area (Å²) in [5.41, 5.74) is 0.105. The summed E-state index contributed by atoms with van der Waals surface area (Å²) < 4.78 is 30.1. The van der Waals surface area contributed by atoms with Crippen molar-refractivity contribution in [1.29, 1.82) is 0 Å². The third-order valence-electron chi connectivity index (χ3n) is 3.47. The van der Waals surface area contributed by atoms with Crippen LogP contribution in [0.5, 0.6) is 0 Å². The Labute approximate surface area is 156 Å². The topological polar surface area (TPSA) is 132 Å². The van der Waals surface area contributed by atoms with Crippen molar-refractivity contribution in [3.05, 3.63) is 58.3 Å². The van der Waals surface area contributed by atoms with E-state index in [1.807, 2.05) is 0 Å². The minimum absolute atomic E-state index is 0.0370. The van der Waals surface area contributed by atoms with Crippen LogP contribution in [0.2, 0.25) is 0 Å². The number of pyridine rings is 1. The SMILES string of the molecule is CN(C)S(=O)(=O)c1ccc(C(=O)OCCNc2ccc([N+](=O)[O-])cn2)cc1. The Morgan fingerprint density at radius 3 is 2.41 bits per heavy atom. The molecule has 10 nitrogen and oxygen atoms in total. The molecule has 1 N–H and O–H groups in total. The van der Waals surface area contributed by atoms with Gasteiger partial charge in [-0.2, -0.15) is 0 Å². The van der Waals surface area contributed by atoms with E-state index in [1.54, 1.807) is 0 Å². The predicted octanol–water partition coefficient (Wildman–Crippen LogP) is 1.51. The van der Waals surface area contributed by atoms with Crippen molar-refractivity contribution in [2.24, 2.45) is 0 Å². The van der Waals surface area contributed by atoms with Crippen molar-refractivity contribution in [2.45, 2.75) is 4.90 Å². The highest BCUT2D eigenvalue weighted by atomic mass is 32.2. The number of hydrogen-bond acceptors (Lipinski definition) is 8. The number of nitrogens with one attached hydrogen (secondary N) is 1. The van der Waals surface area contributed by atoms with Gasteiger partial charge in [-0.3, -0.25) is 10.1 Å². The van der Waals surface area contributed by atoms with Crippen molar-refractivity contribution in [3.63, 3.8) is 0 Å². The van der Waals surface area contributed by atoms with E-state index < -0.39 is 20.9 Å². The van der Waals surface area contributed by atoms with Crippen LogP contribution in [0.4, 0.5) is 11.5 Å². The predicted molar refractivity (Wildman–Crippen MR) is 97.0 cm³/mol. The molecule has 0 fully saturated rings. The normalized spacial score (nSPS) is 11.2. The number of esters is 1. The van der Waals surface area contributed by atoms with Gasteiger partial charge in [-0.15, -0.1) is 0 Å². The Balaban J connectivity index is 1.84. The molecular weight excluding hydrogens is 376 g/mol. The van der Waals surface area contributed by atoms with Gasteiger partial charge in [0.15, 0.2) is 0 Å². The molecule has 0 aliphatic carbocycles. The summed E-state index contributed by atoms with van der Waals surface area (Å²) in [7, 11) is -0.715. The second-order valence-corrected chi connectivity index (χ2v) is 7.69. The molecule has 27 heavy (non-hydrogen) atoms. The molecule has 144 valence electrons. The van der Waals surface area contributed by atoms with Crippen LogP contribution < -0.4 is 5.32 Å². The summed E-state index contributed by atoms with van der Waals surface area (Å²) >= 11 is 0. The molecule has 0 unspecified atom stereocenters. The van der Waals surface area contributed by atoms with E-state index in [4.69, 9.17) is 4.74 Å². The number of sulfonamides is 1. The van der Waals surface area contributed by atoms with Crippen molar-refractivity contribution < 1.29 is 22.9 Å². The van der Waals surface area contributed by atoms with Crippen molar-refractivity contribution in [1.82, 2.24) is 9.29 Å². The molecule has 0 spiro atoms. The number of nitrogens with zero attached hydrogens (tertiary/aromatic N) is 3. The van der Waals surface area contributed by atoms with Crippen molar-refractivity contribution in [3.8, 4) is 0 Å². The standard InChI is InChI=1S/C16H18N4O6S/c1-19(2)27(24,25)14-6-3-12(4-7-14)16(21)26-10-9-17-15-8-5-13(11-18-15)20(22)23/h3-8,11H,9-10H2,1-2H3,(H,17,18). The van der Waals surface area contributed by atoms with E-state index in [2.05, 4.69) is 10.3 Å². The third kappa shape index (κ3) is 5.21. The lowest BCUT2D eigenvalue weighted by Gasteiger charge is -2.11. The molecule has 0 amide bonds. The van der Waals surface area contributed by atoms with Gasteiger partial charge < -0.3 is 10.1 Å². The molecule has 1 heterocycles. The monoisotopic (exact) mass is 394 g/mol. The first-order valence-corrected chi connectivity index (χ1v) is 9.20. The number of ether oxygens (including phenoxy) is 1. The lowest BCUT2D eigenvalue weighted by Crippen LogP contribution is -2.22. The Kier molecular flexibility index (Phi) is 6.42. The van der Waals surface area contributed by atoms with Gasteiger partial charge in [0.05, 0.1) is 21.9 Å². The molecule has 0 atom stereocenters. The minimum Gasteiger partial charge on any atom is -0.460 e. The first-order valence-electron chi connectivity index (χ1n) is 7.76. The maximum absolute atomic E-state index is 12.0. The van der Waals surface area contributed by atoms with Gasteiger partial charge in [0.2, 0.25) is 10.0 Å². The Bertz CT molecular complexity index is 911. The molecular formula is C16H18N4O6S. The van der Waals surface area contributed by atoms with Crippen molar-refractivity contribution >= 4 is 27.5 Å². The number of hydrogen-bond donors (Lipinski definition) is 1. The van der Waals surface area contributed by atoms with Crippen LogP contribution >= 0.6 is 0 Å². The molecule has 0 bridgehead atoms. The lowest BCUT2D eigenvalue weighted by molar-refractivity contribution is -0.385. The number of benzene rings is 1. The molecule has 0 radical (unpaired) electrons. The first kappa shape index (κ1) is 20.3. The second kappa shape index (κ2) is 8.56. The molecule has 2 aromatic rings. The number of anilines is 1. The Hall–Kier alpha value is -3.05. The highest BCUT2D eigenvalue weighted by molar-refractivity contribution is 7.89. The molecule has 0 aliphatic rings. The summed E-state index contributed by atoms with van der Waals surface area (Å²) in [6.45, 7) is 0.291. The zero-order chi connectivity index (χ0) is 20.0. The molecule has 0 saturated heterocycles. The van der Waals surface area contributed by atoms with E-state index in [1.165, 1.54) is 50.5 Å². The summed E-state index contributed by atoms with van der Waals surface area (Å²) in [6, 6.07) is 8.19. The van der Waals surface area contributed by atoms with Gasteiger partial charge in [0, 0.05) is 20.2 Å². The van der Waals surface area contributed by atoms with E-state index in [9.17, 15) is 23.3 Å². The molecule has 2 rings (SSSR count). The zero-order valence-electron chi connectivity index (χ0n) is 14.7.